The van der Waals surface area contributed by atoms with Gasteiger partial charge in [-0.05, 0) is 24.5 Å². The lowest BCUT2D eigenvalue weighted by Crippen LogP contribution is -2.52. The maximum Gasteiger partial charge on any atom is 0.127 e. The summed E-state index contributed by atoms with van der Waals surface area (Å²) in [6, 6.07) is 18.8. The molecule has 1 aliphatic rings. The Morgan fingerprint density at radius 2 is 1.81 bits per heavy atom. The molecule has 0 radical (unpaired) electrons. The molecular formula is C22H27N3O2. The molecule has 1 fully saturated rings. The lowest BCUT2D eigenvalue weighted by Gasteiger charge is -2.38. The van der Waals surface area contributed by atoms with Crippen LogP contribution >= 0.6 is 0 Å². The SMILES string of the molecule is COc1ccc(CNC2(C#N)CCN(Cc3ccccc3)CC2)c(OC)c1. The van der Waals surface area contributed by atoms with Gasteiger partial charge in [-0.15, -0.1) is 0 Å². The van der Waals surface area contributed by atoms with Crippen molar-refractivity contribution < 1.29 is 9.47 Å². The first-order chi connectivity index (χ1) is 13.2. The largest absolute Gasteiger partial charge is 0.497 e. The van der Waals surface area contributed by atoms with E-state index < -0.39 is 5.54 Å². The molecule has 27 heavy (non-hydrogen) atoms. The molecule has 0 amide bonds. The average molecular weight is 365 g/mol. The summed E-state index contributed by atoms with van der Waals surface area (Å²) in [6.07, 6.45) is 1.63. The fourth-order valence-corrected chi connectivity index (χ4v) is 3.52. The second-order valence-electron chi connectivity index (χ2n) is 6.99. The number of hydrogen-bond acceptors (Lipinski definition) is 5. The Kier molecular flexibility index (Phi) is 6.33. The number of nitriles is 1. The van der Waals surface area contributed by atoms with E-state index in [1.54, 1.807) is 14.2 Å². The van der Waals surface area contributed by atoms with Crippen LogP contribution in [0.15, 0.2) is 48.5 Å². The molecule has 0 atom stereocenters. The summed E-state index contributed by atoms with van der Waals surface area (Å²) < 4.78 is 10.7. The number of benzene rings is 2. The minimum Gasteiger partial charge on any atom is -0.497 e. The van der Waals surface area contributed by atoms with Crippen molar-refractivity contribution in [2.45, 2.75) is 31.5 Å². The Hall–Kier alpha value is -2.55. The smallest absolute Gasteiger partial charge is 0.127 e. The zero-order chi connectivity index (χ0) is 19.1. The van der Waals surface area contributed by atoms with Crippen LogP contribution in [0.2, 0.25) is 0 Å². The third-order valence-electron chi connectivity index (χ3n) is 5.28. The van der Waals surface area contributed by atoms with Crippen LogP contribution in [0.4, 0.5) is 0 Å². The summed E-state index contributed by atoms with van der Waals surface area (Å²) in [5.41, 5.74) is 1.86. The average Bonchev–Trinajstić information content (AvgIpc) is 2.74. The van der Waals surface area contributed by atoms with Crippen molar-refractivity contribution in [3.05, 3.63) is 59.7 Å². The van der Waals surface area contributed by atoms with Crippen molar-refractivity contribution in [1.29, 1.82) is 5.26 Å². The molecule has 142 valence electrons. The Morgan fingerprint density at radius 1 is 1.07 bits per heavy atom. The highest BCUT2D eigenvalue weighted by atomic mass is 16.5. The van der Waals surface area contributed by atoms with Crippen molar-refractivity contribution in [2.75, 3.05) is 27.3 Å². The molecule has 2 aromatic rings. The predicted octanol–water partition coefficient (Wildman–Crippen LogP) is 3.35. The first kappa shape index (κ1) is 19.2. The molecule has 1 saturated heterocycles. The third kappa shape index (κ3) is 4.79. The van der Waals surface area contributed by atoms with Gasteiger partial charge in [0.2, 0.25) is 0 Å². The van der Waals surface area contributed by atoms with Crippen LogP contribution in [-0.4, -0.2) is 37.7 Å². The molecule has 1 aliphatic heterocycles. The van der Waals surface area contributed by atoms with E-state index >= 15 is 0 Å². The minimum absolute atomic E-state index is 0.488. The summed E-state index contributed by atoms with van der Waals surface area (Å²) in [4.78, 5) is 2.42. The standard InChI is InChI=1S/C22H27N3O2/c1-26-20-9-8-19(21(14-20)27-2)15-24-22(17-23)10-12-25(13-11-22)16-18-6-4-3-5-7-18/h3-9,14,24H,10-13,15-16H2,1-2H3. The molecule has 0 unspecified atom stereocenters. The lowest BCUT2D eigenvalue weighted by atomic mass is 9.88. The van der Waals surface area contributed by atoms with Gasteiger partial charge in [-0.25, -0.2) is 0 Å². The highest BCUT2D eigenvalue weighted by molar-refractivity contribution is 5.40. The molecule has 1 heterocycles. The van der Waals surface area contributed by atoms with E-state index in [9.17, 15) is 5.26 Å². The molecule has 5 nitrogen and oxygen atoms in total. The van der Waals surface area contributed by atoms with E-state index in [1.165, 1.54) is 5.56 Å². The van der Waals surface area contributed by atoms with Crippen LogP contribution in [0.3, 0.4) is 0 Å². The Morgan fingerprint density at radius 3 is 2.44 bits per heavy atom. The van der Waals surface area contributed by atoms with Gasteiger partial charge >= 0.3 is 0 Å². The predicted molar refractivity (Wildman–Crippen MR) is 106 cm³/mol. The minimum atomic E-state index is -0.488. The van der Waals surface area contributed by atoms with E-state index in [-0.39, 0.29) is 0 Å². The molecule has 0 spiro atoms. The fourth-order valence-electron chi connectivity index (χ4n) is 3.52. The zero-order valence-electron chi connectivity index (χ0n) is 16.1. The highest BCUT2D eigenvalue weighted by Crippen LogP contribution is 2.27. The molecule has 0 saturated carbocycles. The zero-order valence-corrected chi connectivity index (χ0v) is 16.1. The Bertz CT molecular complexity index is 778. The topological polar surface area (TPSA) is 57.5 Å². The van der Waals surface area contributed by atoms with Crippen LogP contribution < -0.4 is 14.8 Å². The Labute approximate surface area is 161 Å². The summed E-state index contributed by atoms with van der Waals surface area (Å²) in [7, 11) is 3.29. The molecule has 2 aromatic carbocycles. The van der Waals surface area contributed by atoms with Crippen molar-refractivity contribution in [2.24, 2.45) is 0 Å². The van der Waals surface area contributed by atoms with Gasteiger partial charge in [0.25, 0.3) is 0 Å². The summed E-state index contributed by atoms with van der Waals surface area (Å²) >= 11 is 0. The molecule has 0 aliphatic carbocycles. The first-order valence-electron chi connectivity index (χ1n) is 9.31. The van der Waals surface area contributed by atoms with Crippen molar-refractivity contribution in [3.63, 3.8) is 0 Å². The molecule has 0 aromatic heterocycles. The van der Waals surface area contributed by atoms with Crippen molar-refractivity contribution in [1.82, 2.24) is 10.2 Å². The van der Waals surface area contributed by atoms with Crippen LogP contribution in [-0.2, 0) is 13.1 Å². The number of methoxy groups -OCH3 is 2. The summed E-state index contributed by atoms with van der Waals surface area (Å²) in [6.45, 7) is 3.36. The third-order valence-corrected chi connectivity index (χ3v) is 5.28. The molecule has 1 N–H and O–H groups in total. The number of rotatable bonds is 7. The van der Waals surface area contributed by atoms with E-state index in [4.69, 9.17) is 9.47 Å². The van der Waals surface area contributed by atoms with E-state index in [1.807, 2.05) is 24.3 Å². The van der Waals surface area contributed by atoms with E-state index in [2.05, 4.69) is 40.6 Å². The van der Waals surface area contributed by atoms with Gasteiger partial charge in [0.1, 0.15) is 17.0 Å². The number of nitrogens with zero attached hydrogens (tertiary/aromatic N) is 2. The van der Waals surface area contributed by atoms with Crippen LogP contribution in [0.25, 0.3) is 0 Å². The van der Waals surface area contributed by atoms with Crippen molar-refractivity contribution >= 4 is 0 Å². The monoisotopic (exact) mass is 365 g/mol. The number of ether oxygens (including phenoxy) is 2. The molecule has 5 heteroatoms. The van der Waals surface area contributed by atoms with Crippen LogP contribution in [0, 0.1) is 11.3 Å². The Balaban J connectivity index is 1.59. The molecule has 0 bridgehead atoms. The van der Waals surface area contributed by atoms with Gasteiger partial charge in [0.05, 0.1) is 20.3 Å². The van der Waals surface area contributed by atoms with E-state index in [0.717, 1.165) is 49.5 Å². The van der Waals surface area contributed by atoms with Gasteiger partial charge < -0.3 is 9.47 Å². The summed E-state index contributed by atoms with van der Waals surface area (Å²) in [5.74, 6) is 1.54. The highest BCUT2D eigenvalue weighted by Gasteiger charge is 2.34. The fraction of sp³-hybridized carbons (Fsp3) is 0.409. The second-order valence-corrected chi connectivity index (χ2v) is 6.99. The summed E-state index contributed by atoms with van der Waals surface area (Å²) in [5, 5.41) is 13.3. The van der Waals surface area contributed by atoms with Gasteiger partial charge in [-0.3, -0.25) is 10.2 Å². The number of nitrogens with one attached hydrogen (secondary N) is 1. The molecular weight excluding hydrogens is 338 g/mol. The first-order valence-corrected chi connectivity index (χ1v) is 9.31. The van der Waals surface area contributed by atoms with Gasteiger partial charge in [-0.1, -0.05) is 36.4 Å². The normalized spacial score (nSPS) is 16.5. The maximum absolute atomic E-state index is 9.82. The van der Waals surface area contributed by atoms with Gasteiger partial charge in [0, 0.05) is 37.8 Å². The quantitative estimate of drug-likeness (QED) is 0.815. The second kappa shape index (κ2) is 8.90. The van der Waals surface area contributed by atoms with Gasteiger partial charge in [0.15, 0.2) is 0 Å². The lowest BCUT2D eigenvalue weighted by molar-refractivity contribution is 0.159. The number of piperidine rings is 1. The van der Waals surface area contributed by atoms with Crippen LogP contribution in [0.1, 0.15) is 24.0 Å². The van der Waals surface area contributed by atoms with Crippen LogP contribution in [0.5, 0.6) is 11.5 Å². The van der Waals surface area contributed by atoms with E-state index in [0.29, 0.717) is 6.54 Å². The maximum atomic E-state index is 9.82. The van der Waals surface area contributed by atoms with Crippen molar-refractivity contribution in [3.8, 4) is 17.6 Å². The molecule has 3 rings (SSSR count). The number of hydrogen-bond donors (Lipinski definition) is 1. The number of likely N-dealkylation sites (tertiary alicyclic amines) is 1. The van der Waals surface area contributed by atoms with Gasteiger partial charge in [-0.2, -0.15) is 5.26 Å².